The summed E-state index contributed by atoms with van der Waals surface area (Å²) in [6.07, 6.45) is 4.71. The van der Waals surface area contributed by atoms with Gasteiger partial charge in [-0.15, -0.1) is 0 Å². The number of hydrogen-bond donors (Lipinski definition) is 3. The first kappa shape index (κ1) is 16.7. The summed E-state index contributed by atoms with van der Waals surface area (Å²) in [7, 11) is 0. The molecule has 1 aliphatic carbocycles. The molecule has 1 heterocycles. The van der Waals surface area contributed by atoms with E-state index in [2.05, 4.69) is 29.4 Å². The molecule has 0 radical (unpaired) electrons. The van der Waals surface area contributed by atoms with Gasteiger partial charge in [0.2, 0.25) is 5.91 Å². The molecule has 2 rings (SSSR count). The van der Waals surface area contributed by atoms with Crippen LogP contribution in [0.15, 0.2) is 0 Å². The summed E-state index contributed by atoms with van der Waals surface area (Å²) in [6.45, 7) is 9.22. The first-order valence-corrected chi connectivity index (χ1v) is 8.31. The van der Waals surface area contributed by atoms with Crippen molar-refractivity contribution in [1.82, 2.24) is 15.5 Å². The van der Waals surface area contributed by atoms with Crippen LogP contribution in [-0.2, 0) is 4.79 Å². The molecule has 122 valence electrons. The van der Waals surface area contributed by atoms with Gasteiger partial charge in [-0.25, -0.2) is 0 Å². The third-order valence-electron chi connectivity index (χ3n) is 4.95. The van der Waals surface area contributed by atoms with Crippen LogP contribution in [0.25, 0.3) is 0 Å². The van der Waals surface area contributed by atoms with E-state index < -0.39 is 5.60 Å². The number of nitrogens with one attached hydrogen (secondary N) is 2. The van der Waals surface area contributed by atoms with Crippen LogP contribution in [0, 0.1) is 5.41 Å². The van der Waals surface area contributed by atoms with Crippen LogP contribution < -0.4 is 10.6 Å². The summed E-state index contributed by atoms with van der Waals surface area (Å²) in [4.78, 5) is 14.2. The van der Waals surface area contributed by atoms with Gasteiger partial charge in [0.15, 0.2) is 0 Å². The van der Waals surface area contributed by atoms with Crippen LogP contribution in [0.3, 0.4) is 0 Å². The molecule has 1 saturated carbocycles. The summed E-state index contributed by atoms with van der Waals surface area (Å²) in [5.41, 5.74) is -0.374. The van der Waals surface area contributed by atoms with Gasteiger partial charge in [0, 0.05) is 19.6 Å². The highest BCUT2D eigenvalue weighted by Gasteiger charge is 2.36. The first-order valence-electron chi connectivity index (χ1n) is 8.31. The number of nitrogens with zero attached hydrogens (tertiary/aromatic N) is 1. The maximum absolute atomic E-state index is 12.1. The molecule has 0 aromatic heterocycles. The molecule has 2 fully saturated rings. The second-order valence-electron chi connectivity index (χ2n) is 7.54. The van der Waals surface area contributed by atoms with Crippen molar-refractivity contribution in [3.05, 3.63) is 0 Å². The molecule has 0 unspecified atom stereocenters. The van der Waals surface area contributed by atoms with Gasteiger partial charge in [0.25, 0.3) is 0 Å². The Kier molecular flexibility index (Phi) is 5.63. The minimum absolute atomic E-state index is 0.0372. The molecule has 1 aliphatic heterocycles. The predicted molar refractivity (Wildman–Crippen MR) is 84.1 cm³/mol. The highest BCUT2D eigenvalue weighted by Crippen LogP contribution is 2.39. The van der Waals surface area contributed by atoms with Crippen molar-refractivity contribution in [2.75, 3.05) is 39.3 Å². The molecule has 0 bridgehead atoms. The van der Waals surface area contributed by atoms with Crippen LogP contribution in [-0.4, -0.2) is 60.8 Å². The van der Waals surface area contributed by atoms with Crippen molar-refractivity contribution in [2.45, 2.75) is 51.6 Å². The number of carbonyl (C=O) groups is 1. The summed E-state index contributed by atoms with van der Waals surface area (Å²) >= 11 is 0. The molecular weight excluding hydrogens is 266 g/mol. The Hall–Kier alpha value is -0.650. The quantitative estimate of drug-likeness (QED) is 0.716. The van der Waals surface area contributed by atoms with Gasteiger partial charge in [-0.3, -0.25) is 9.69 Å². The predicted octanol–water partition coefficient (Wildman–Crippen LogP) is 0.729. The van der Waals surface area contributed by atoms with Crippen LogP contribution in [0.2, 0.25) is 0 Å². The van der Waals surface area contributed by atoms with E-state index in [0.717, 1.165) is 58.3 Å². The third-order valence-corrected chi connectivity index (χ3v) is 4.95. The fraction of sp³-hybridized carbons (Fsp3) is 0.938. The SMILES string of the molecule is CC1(C)CCC(O)(CNC(=O)CN2CCCNCC2)CC1. The molecule has 0 atom stereocenters. The lowest BCUT2D eigenvalue weighted by Gasteiger charge is -2.40. The Bertz CT molecular complexity index is 339. The molecule has 1 saturated heterocycles. The summed E-state index contributed by atoms with van der Waals surface area (Å²) in [5.74, 6) is 0.0372. The smallest absolute Gasteiger partial charge is 0.234 e. The highest BCUT2D eigenvalue weighted by atomic mass is 16.3. The van der Waals surface area contributed by atoms with Gasteiger partial charge in [0.1, 0.15) is 0 Å². The number of hydrogen-bond acceptors (Lipinski definition) is 4. The lowest BCUT2D eigenvalue weighted by atomic mass is 9.71. The third kappa shape index (κ3) is 5.57. The van der Waals surface area contributed by atoms with Gasteiger partial charge >= 0.3 is 0 Å². The maximum Gasteiger partial charge on any atom is 0.234 e. The molecule has 2 aliphatic rings. The Morgan fingerprint density at radius 3 is 2.62 bits per heavy atom. The zero-order valence-corrected chi connectivity index (χ0v) is 13.6. The Morgan fingerprint density at radius 1 is 1.19 bits per heavy atom. The van der Waals surface area contributed by atoms with Crippen molar-refractivity contribution in [3.63, 3.8) is 0 Å². The number of carbonyl (C=O) groups excluding carboxylic acids is 1. The zero-order valence-electron chi connectivity index (χ0n) is 13.6. The first-order chi connectivity index (χ1) is 9.89. The van der Waals surface area contributed by atoms with Gasteiger partial charge in [-0.2, -0.15) is 0 Å². The molecule has 21 heavy (non-hydrogen) atoms. The maximum atomic E-state index is 12.1. The van der Waals surface area contributed by atoms with E-state index >= 15 is 0 Å². The Balaban J connectivity index is 1.71. The molecule has 0 aromatic rings. The van der Waals surface area contributed by atoms with E-state index in [9.17, 15) is 9.90 Å². The number of rotatable bonds is 4. The topological polar surface area (TPSA) is 64.6 Å². The normalized spacial score (nSPS) is 26.0. The second-order valence-corrected chi connectivity index (χ2v) is 7.54. The average molecular weight is 297 g/mol. The minimum Gasteiger partial charge on any atom is -0.388 e. The Morgan fingerprint density at radius 2 is 1.90 bits per heavy atom. The van der Waals surface area contributed by atoms with Crippen molar-refractivity contribution >= 4 is 5.91 Å². The molecule has 0 spiro atoms. The van der Waals surface area contributed by atoms with Crippen LogP contribution in [0.5, 0.6) is 0 Å². The molecule has 5 heteroatoms. The van der Waals surface area contributed by atoms with E-state index in [4.69, 9.17) is 0 Å². The largest absolute Gasteiger partial charge is 0.388 e. The van der Waals surface area contributed by atoms with Crippen molar-refractivity contribution < 1.29 is 9.90 Å². The molecule has 3 N–H and O–H groups in total. The lowest BCUT2D eigenvalue weighted by molar-refractivity contribution is -0.124. The van der Waals surface area contributed by atoms with Gasteiger partial charge in [-0.1, -0.05) is 13.8 Å². The monoisotopic (exact) mass is 297 g/mol. The van der Waals surface area contributed by atoms with Crippen molar-refractivity contribution in [2.24, 2.45) is 5.41 Å². The number of amides is 1. The average Bonchev–Trinajstić information content (AvgIpc) is 2.69. The van der Waals surface area contributed by atoms with Crippen LogP contribution in [0.1, 0.15) is 46.0 Å². The van der Waals surface area contributed by atoms with Gasteiger partial charge in [0.05, 0.1) is 12.1 Å². The molecule has 5 nitrogen and oxygen atoms in total. The van der Waals surface area contributed by atoms with E-state index in [1.54, 1.807) is 0 Å². The number of aliphatic hydroxyl groups is 1. The van der Waals surface area contributed by atoms with E-state index in [1.807, 2.05) is 0 Å². The van der Waals surface area contributed by atoms with Gasteiger partial charge in [-0.05, 0) is 50.6 Å². The molecule has 1 amide bonds. The molecule has 0 aromatic carbocycles. The van der Waals surface area contributed by atoms with Crippen molar-refractivity contribution in [1.29, 1.82) is 0 Å². The summed E-state index contributed by atoms with van der Waals surface area (Å²) in [5, 5.41) is 16.8. The van der Waals surface area contributed by atoms with E-state index in [-0.39, 0.29) is 5.91 Å². The summed E-state index contributed by atoms with van der Waals surface area (Å²) < 4.78 is 0. The van der Waals surface area contributed by atoms with E-state index in [1.165, 1.54) is 0 Å². The Labute approximate surface area is 128 Å². The van der Waals surface area contributed by atoms with Gasteiger partial charge < -0.3 is 15.7 Å². The molecular formula is C16H31N3O2. The van der Waals surface area contributed by atoms with Crippen molar-refractivity contribution in [3.8, 4) is 0 Å². The summed E-state index contributed by atoms with van der Waals surface area (Å²) in [6, 6.07) is 0. The minimum atomic E-state index is -0.703. The standard InChI is InChI=1S/C16H31N3O2/c1-15(2)4-6-16(21,7-5-15)13-18-14(20)12-19-10-3-8-17-9-11-19/h17,21H,3-13H2,1-2H3,(H,18,20). The fourth-order valence-corrected chi connectivity index (χ4v) is 3.15. The van der Waals surface area contributed by atoms with E-state index in [0.29, 0.717) is 18.5 Å². The zero-order chi connectivity index (χ0) is 15.3. The van der Waals surface area contributed by atoms with Crippen LogP contribution in [0.4, 0.5) is 0 Å². The van der Waals surface area contributed by atoms with Crippen LogP contribution >= 0.6 is 0 Å². The second kappa shape index (κ2) is 7.07. The lowest BCUT2D eigenvalue weighted by Crippen LogP contribution is -2.48. The highest BCUT2D eigenvalue weighted by molar-refractivity contribution is 5.78. The fourth-order valence-electron chi connectivity index (χ4n) is 3.15.